The van der Waals surface area contributed by atoms with Crippen LogP contribution in [0.25, 0.3) is 0 Å². The van der Waals surface area contributed by atoms with E-state index in [4.69, 9.17) is 5.26 Å². The molecule has 2 heteroatoms. The van der Waals surface area contributed by atoms with Crippen LogP contribution in [0.1, 0.15) is 71.6 Å². The van der Waals surface area contributed by atoms with Crippen molar-refractivity contribution in [2.45, 2.75) is 75.6 Å². The first-order valence-corrected chi connectivity index (χ1v) is 8.39. The van der Waals surface area contributed by atoms with Crippen molar-refractivity contribution < 1.29 is 0 Å². The van der Waals surface area contributed by atoms with E-state index in [0.717, 1.165) is 22.7 Å². The number of alkyl halides is 1. The zero-order valence-electron chi connectivity index (χ0n) is 11.3. The lowest BCUT2D eigenvalue weighted by Crippen LogP contribution is -2.22. The largest absolute Gasteiger partial charge is 0.198 e. The van der Waals surface area contributed by atoms with Crippen LogP contribution in [-0.4, -0.2) is 3.92 Å². The molecule has 0 radical (unpaired) electrons. The third-order valence-corrected chi connectivity index (χ3v) is 5.46. The molecule has 0 heterocycles. The van der Waals surface area contributed by atoms with Gasteiger partial charge in [-0.05, 0) is 51.4 Å². The Hall–Kier alpha value is 0.220. The van der Waals surface area contributed by atoms with Crippen LogP contribution in [0.2, 0.25) is 0 Å². The van der Waals surface area contributed by atoms with Crippen LogP contribution < -0.4 is 0 Å². The van der Waals surface area contributed by atoms with Crippen molar-refractivity contribution in [3.8, 4) is 6.07 Å². The van der Waals surface area contributed by atoms with Gasteiger partial charge in [-0.1, -0.05) is 48.8 Å². The zero-order chi connectivity index (χ0) is 12.7. The maximum absolute atomic E-state index is 9.09. The van der Waals surface area contributed by atoms with E-state index in [2.05, 4.69) is 42.5 Å². The van der Waals surface area contributed by atoms with E-state index in [9.17, 15) is 0 Å². The van der Waals surface area contributed by atoms with Crippen molar-refractivity contribution in [3.63, 3.8) is 0 Å². The van der Waals surface area contributed by atoms with Crippen LogP contribution in [0.3, 0.4) is 0 Å². The number of hydrogen-bond acceptors (Lipinski definition) is 1. The fourth-order valence-corrected chi connectivity index (χ4v) is 3.86. The van der Waals surface area contributed by atoms with Crippen LogP contribution >= 0.6 is 22.6 Å². The van der Waals surface area contributed by atoms with Crippen LogP contribution in [0.4, 0.5) is 0 Å². The molecule has 0 spiro atoms. The Kier molecular flexibility index (Phi) is 6.84. The van der Waals surface area contributed by atoms with Crippen molar-refractivity contribution in [3.05, 3.63) is 0 Å². The van der Waals surface area contributed by atoms with Crippen molar-refractivity contribution in [1.82, 2.24) is 0 Å². The summed E-state index contributed by atoms with van der Waals surface area (Å²) in [6, 6.07) is 2.49. The molecule has 0 amide bonds. The second kappa shape index (κ2) is 7.61. The van der Waals surface area contributed by atoms with E-state index in [1.54, 1.807) is 0 Å². The minimum atomic E-state index is -0.00942. The highest BCUT2D eigenvalue weighted by Gasteiger charge is 2.30. The average molecular weight is 347 g/mol. The van der Waals surface area contributed by atoms with Crippen molar-refractivity contribution in [1.29, 1.82) is 5.26 Å². The summed E-state index contributed by atoms with van der Waals surface area (Å²) in [6.07, 6.45) is 11.7. The van der Waals surface area contributed by atoms with Crippen molar-refractivity contribution >= 4 is 22.6 Å². The Morgan fingerprint density at radius 1 is 1.35 bits per heavy atom. The predicted molar refractivity (Wildman–Crippen MR) is 82.2 cm³/mol. The third kappa shape index (κ3) is 5.59. The second-order valence-electron chi connectivity index (χ2n) is 5.93. The van der Waals surface area contributed by atoms with Crippen LogP contribution in [0.15, 0.2) is 0 Å². The molecule has 1 fully saturated rings. The topological polar surface area (TPSA) is 23.8 Å². The summed E-state index contributed by atoms with van der Waals surface area (Å²) in [6.45, 7) is 4.40. The highest BCUT2D eigenvalue weighted by molar-refractivity contribution is 14.1. The van der Waals surface area contributed by atoms with Gasteiger partial charge in [-0.3, -0.25) is 0 Å². The molecular formula is C15H26IN. The molecule has 98 valence electrons. The predicted octanol–water partition coefficient (Wildman–Crippen LogP) is 5.48. The van der Waals surface area contributed by atoms with Gasteiger partial charge in [0, 0.05) is 3.92 Å². The molecule has 1 aliphatic carbocycles. The molecule has 17 heavy (non-hydrogen) atoms. The second-order valence-corrected chi connectivity index (χ2v) is 7.69. The van der Waals surface area contributed by atoms with E-state index in [-0.39, 0.29) is 5.41 Å². The lowest BCUT2D eigenvalue weighted by atomic mass is 9.71. The molecule has 0 aromatic rings. The standard InChI is InChI=1S/C15H26IN/c1-3-5-14(16)7-4-6-13-8-10-15(2,12-17)11-9-13/h13-14H,3-11H2,1-2H3. The van der Waals surface area contributed by atoms with Crippen LogP contribution in [0, 0.1) is 22.7 Å². The normalized spacial score (nSPS) is 30.8. The molecule has 1 unspecified atom stereocenters. The zero-order valence-corrected chi connectivity index (χ0v) is 13.5. The lowest BCUT2D eigenvalue weighted by Gasteiger charge is -2.32. The maximum atomic E-state index is 9.09. The van der Waals surface area contributed by atoms with Gasteiger partial charge in [0.2, 0.25) is 0 Å². The number of nitrogens with zero attached hydrogens (tertiary/aromatic N) is 1. The first kappa shape index (κ1) is 15.3. The number of rotatable bonds is 6. The quantitative estimate of drug-likeness (QED) is 0.461. The highest BCUT2D eigenvalue weighted by Crippen LogP contribution is 2.39. The molecule has 0 aromatic heterocycles. The van der Waals surface area contributed by atoms with Crippen LogP contribution in [0.5, 0.6) is 0 Å². The number of hydrogen-bond donors (Lipinski definition) is 0. The van der Waals surface area contributed by atoms with Gasteiger partial charge in [0.05, 0.1) is 11.5 Å². The minimum absolute atomic E-state index is 0.00942. The third-order valence-electron chi connectivity index (χ3n) is 4.21. The molecule has 1 atom stereocenters. The molecular weight excluding hydrogens is 321 g/mol. The maximum Gasteiger partial charge on any atom is 0.0686 e. The van der Waals surface area contributed by atoms with Crippen molar-refractivity contribution in [2.24, 2.45) is 11.3 Å². The van der Waals surface area contributed by atoms with Crippen LogP contribution in [-0.2, 0) is 0 Å². The summed E-state index contributed by atoms with van der Waals surface area (Å²) in [5, 5.41) is 9.09. The van der Waals surface area contributed by atoms with E-state index in [0.29, 0.717) is 0 Å². The van der Waals surface area contributed by atoms with E-state index < -0.39 is 0 Å². The van der Waals surface area contributed by atoms with Crippen molar-refractivity contribution in [2.75, 3.05) is 0 Å². The van der Waals surface area contributed by atoms with Gasteiger partial charge in [-0.25, -0.2) is 0 Å². The summed E-state index contributed by atoms with van der Waals surface area (Å²) >= 11 is 2.60. The summed E-state index contributed by atoms with van der Waals surface area (Å²) in [5.41, 5.74) is -0.00942. The Morgan fingerprint density at radius 3 is 2.53 bits per heavy atom. The van der Waals surface area contributed by atoms with E-state index >= 15 is 0 Å². The van der Waals surface area contributed by atoms with E-state index in [1.165, 1.54) is 44.9 Å². The number of halogens is 1. The highest BCUT2D eigenvalue weighted by atomic mass is 127. The van der Waals surface area contributed by atoms with Gasteiger partial charge in [0.1, 0.15) is 0 Å². The summed E-state index contributed by atoms with van der Waals surface area (Å²) in [4.78, 5) is 0. The Morgan fingerprint density at radius 2 is 2.00 bits per heavy atom. The average Bonchev–Trinajstić information content (AvgIpc) is 2.32. The fourth-order valence-electron chi connectivity index (χ4n) is 2.80. The first-order valence-electron chi connectivity index (χ1n) is 7.15. The summed E-state index contributed by atoms with van der Waals surface area (Å²) in [5.74, 6) is 0.904. The van der Waals surface area contributed by atoms with Gasteiger partial charge in [-0.2, -0.15) is 5.26 Å². The molecule has 1 rings (SSSR count). The van der Waals surface area contributed by atoms with Gasteiger partial charge in [0.15, 0.2) is 0 Å². The Labute approximate surface area is 120 Å². The molecule has 0 bridgehead atoms. The monoisotopic (exact) mass is 347 g/mol. The van der Waals surface area contributed by atoms with Gasteiger partial charge >= 0.3 is 0 Å². The molecule has 1 nitrogen and oxygen atoms in total. The SMILES string of the molecule is CCCC(I)CCCC1CCC(C)(C#N)CC1. The Bertz CT molecular complexity index is 248. The molecule has 1 saturated carbocycles. The summed E-state index contributed by atoms with van der Waals surface area (Å²) in [7, 11) is 0. The molecule has 0 aromatic carbocycles. The summed E-state index contributed by atoms with van der Waals surface area (Å²) < 4.78 is 0.880. The molecule has 1 aliphatic rings. The molecule has 0 N–H and O–H groups in total. The van der Waals surface area contributed by atoms with Gasteiger partial charge in [0.25, 0.3) is 0 Å². The number of nitriles is 1. The molecule has 0 aliphatic heterocycles. The Balaban J connectivity index is 2.13. The smallest absolute Gasteiger partial charge is 0.0686 e. The van der Waals surface area contributed by atoms with E-state index in [1.807, 2.05) is 0 Å². The van der Waals surface area contributed by atoms with Gasteiger partial charge < -0.3 is 0 Å². The first-order chi connectivity index (χ1) is 8.09. The fraction of sp³-hybridized carbons (Fsp3) is 0.933. The lowest BCUT2D eigenvalue weighted by molar-refractivity contribution is 0.218. The van der Waals surface area contributed by atoms with Gasteiger partial charge in [-0.15, -0.1) is 0 Å². The minimum Gasteiger partial charge on any atom is -0.198 e. The molecule has 0 saturated heterocycles.